The van der Waals surface area contributed by atoms with Crippen LogP contribution in [-0.4, -0.2) is 0 Å². The number of allylic oxidation sites excluding steroid dienone is 3. The smallest absolute Gasteiger partial charge is 0.0260 e. The third kappa shape index (κ3) is 7.48. The van der Waals surface area contributed by atoms with E-state index in [0.717, 1.165) is 0 Å². The summed E-state index contributed by atoms with van der Waals surface area (Å²) in [5.74, 6) is 0.660. The molecule has 0 aliphatic rings. The van der Waals surface area contributed by atoms with Crippen molar-refractivity contribution in [1.82, 2.24) is 0 Å². The molecule has 0 aromatic carbocycles. The highest BCUT2D eigenvalue weighted by Gasteiger charge is 1.91. The second kappa shape index (κ2) is 8.48. The maximum atomic E-state index is 3.61. The third-order valence-corrected chi connectivity index (χ3v) is 1.29. The van der Waals surface area contributed by atoms with Gasteiger partial charge in [0.1, 0.15) is 0 Å². The van der Waals surface area contributed by atoms with Crippen molar-refractivity contribution in [2.45, 2.75) is 34.6 Å². The van der Waals surface area contributed by atoms with Gasteiger partial charge in [-0.15, -0.1) is 0 Å². The van der Waals surface area contributed by atoms with Crippen LogP contribution in [0.3, 0.4) is 0 Å². The van der Waals surface area contributed by atoms with Gasteiger partial charge in [-0.05, 0) is 12.8 Å². The maximum Gasteiger partial charge on any atom is -0.0260 e. The third-order valence-electron chi connectivity index (χ3n) is 1.29. The largest absolute Gasteiger partial charge is 0.0991 e. The lowest BCUT2D eigenvalue weighted by molar-refractivity contribution is 0.769. The van der Waals surface area contributed by atoms with Crippen LogP contribution >= 0.6 is 0 Å². The van der Waals surface area contributed by atoms with Crippen molar-refractivity contribution < 1.29 is 0 Å². The molecule has 0 heterocycles. The summed E-state index contributed by atoms with van der Waals surface area (Å²) in [4.78, 5) is 0. The van der Waals surface area contributed by atoms with E-state index in [2.05, 4.69) is 27.4 Å². The van der Waals surface area contributed by atoms with Gasteiger partial charge in [0.05, 0.1) is 0 Å². The van der Waals surface area contributed by atoms with Gasteiger partial charge in [0.2, 0.25) is 0 Å². The minimum absolute atomic E-state index is 0.660. The van der Waals surface area contributed by atoms with Gasteiger partial charge in [0.25, 0.3) is 0 Å². The van der Waals surface area contributed by atoms with E-state index >= 15 is 0 Å². The summed E-state index contributed by atoms with van der Waals surface area (Å²) in [6.45, 7) is 14.1. The average Bonchev–Trinajstić information content (AvgIpc) is 1.93. The normalized spacial score (nSPS) is 10.4. The first-order valence-corrected chi connectivity index (χ1v) is 3.97. The summed E-state index contributed by atoms with van der Waals surface area (Å²) < 4.78 is 0. The van der Waals surface area contributed by atoms with Crippen LogP contribution in [0.2, 0.25) is 0 Å². The van der Waals surface area contributed by atoms with Gasteiger partial charge < -0.3 is 0 Å². The Bertz CT molecular complexity index is 96.6. The second-order valence-electron chi connectivity index (χ2n) is 2.30. The van der Waals surface area contributed by atoms with Crippen LogP contribution < -0.4 is 0 Å². The Morgan fingerprint density at radius 2 is 1.70 bits per heavy atom. The summed E-state index contributed by atoms with van der Waals surface area (Å²) in [6, 6.07) is 0. The van der Waals surface area contributed by atoms with E-state index in [4.69, 9.17) is 0 Å². The molecule has 0 spiro atoms. The molecule has 0 nitrogen and oxygen atoms in total. The first-order valence-electron chi connectivity index (χ1n) is 3.97. The molecule has 0 saturated carbocycles. The summed E-state index contributed by atoms with van der Waals surface area (Å²) >= 11 is 0. The minimum Gasteiger partial charge on any atom is -0.0991 e. The van der Waals surface area contributed by atoms with E-state index in [-0.39, 0.29) is 0 Å². The lowest BCUT2D eigenvalue weighted by Crippen LogP contribution is -1.86. The highest BCUT2D eigenvalue weighted by molar-refractivity contribution is 5.09. The van der Waals surface area contributed by atoms with Crippen LogP contribution in [-0.2, 0) is 0 Å². The standard InChI is InChI=1S/C8H14.C2H6/c1-5-6-8(4)7(2)3;1-2/h5-7H,1H2,2-4H3;1-2H3/b8-6+;. The van der Waals surface area contributed by atoms with E-state index in [1.54, 1.807) is 0 Å². The topological polar surface area (TPSA) is 0 Å². The molecule has 0 aliphatic carbocycles. The Balaban J connectivity index is 0. The molecule has 0 radical (unpaired) electrons. The van der Waals surface area contributed by atoms with Gasteiger partial charge in [0, 0.05) is 0 Å². The quantitative estimate of drug-likeness (QED) is 0.512. The van der Waals surface area contributed by atoms with E-state index in [1.165, 1.54) is 5.57 Å². The Morgan fingerprint density at radius 1 is 1.30 bits per heavy atom. The van der Waals surface area contributed by atoms with Crippen molar-refractivity contribution in [2.24, 2.45) is 5.92 Å². The molecule has 0 heteroatoms. The lowest BCUT2D eigenvalue weighted by Gasteiger charge is -2.00. The molecule has 0 aromatic heterocycles. The van der Waals surface area contributed by atoms with E-state index in [9.17, 15) is 0 Å². The van der Waals surface area contributed by atoms with Crippen molar-refractivity contribution in [2.75, 3.05) is 0 Å². The number of hydrogen-bond acceptors (Lipinski definition) is 0. The SMILES string of the molecule is C=C/C=C(\C)C(C)C.CC. The van der Waals surface area contributed by atoms with Gasteiger partial charge in [-0.3, -0.25) is 0 Å². The predicted octanol–water partition coefficient (Wildman–Crippen LogP) is 3.80. The highest BCUT2D eigenvalue weighted by atomic mass is 14.0. The first-order chi connectivity index (χ1) is 4.68. The van der Waals surface area contributed by atoms with Crippen molar-refractivity contribution in [3.05, 3.63) is 24.3 Å². The zero-order valence-electron chi connectivity index (χ0n) is 7.94. The van der Waals surface area contributed by atoms with Crippen molar-refractivity contribution in [3.8, 4) is 0 Å². The van der Waals surface area contributed by atoms with Crippen LogP contribution in [0.25, 0.3) is 0 Å². The molecule has 0 aromatic rings. The molecular formula is C10H20. The van der Waals surface area contributed by atoms with E-state index in [0.29, 0.717) is 5.92 Å². The van der Waals surface area contributed by atoms with Gasteiger partial charge >= 0.3 is 0 Å². The van der Waals surface area contributed by atoms with Crippen LogP contribution in [0, 0.1) is 5.92 Å². The number of rotatable bonds is 2. The fourth-order valence-corrected chi connectivity index (χ4v) is 0.378. The van der Waals surface area contributed by atoms with Crippen LogP contribution in [0.1, 0.15) is 34.6 Å². The Kier molecular flexibility index (Phi) is 10.3. The van der Waals surface area contributed by atoms with Crippen molar-refractivity contribution >= 4 is 0 Å². The maximum absolute atomic E-state index is 3.61. The monoisotopic (exact) mass is 140 g/mol. The first kappa shape index (κ1) is 12.2. The van der Waals surface area contributed by atoms with Crippen molar-refractivity contribution in [3.63, 3.8) is 0 Å². The molecule has 60 valence electrons. The van der Waals surface area contributed by atoms with Crippen LogP contribution in [0.4, 0.5) is 0 Å². The van der Waals surface area contributed by atoms with Gasteiger partial charge in [-0.2, -0.15) is 0 Å². The molecule has 0 bridgehead atoms. The summed E-state index contributed by atoms with van der Waals surface area (Å²) in [5, 5.41) is 0. The van der Waals surface area contributed by atoms with Crippen LogP contribution in [0.15, 0.2) is 24.3 Å². The van der Waals surface area contributed by atoms with E-state index in [1.807, 2.05) is 26.0 Å². The van der Waals surface area contributed by atoms with Gasteiger partial charge in [-0.1, -0.05) is 52.0 Å². The van der Waals surface area contributed by atoms with Gasteiger partial charge in [0.15, 0.2) is 0 Å². The minimum atomic E-state index is 0.660. The molecule has 0 aliphatic heterocycles. The molecule has 0 saturated heterocycles. The number of hydrogen-bond donors (Lipinski definition) is 0. The van der Waals surface area contributed by atoms with Gasteiger partial charge in [-0.25, -0.2) is 0 Å². The zero-order valence-corrected chi connectivity index (χ0v) is 7.94. The second-order valence-corrected chi connectivity index (χ2v) is 2.30. The molecule has 0 fully saturated rings. The summed E-state index contributed by atoms with van der Waals surface area (Å²) in [5.41, 5.74) is 1.39. The van der Waals surface area contributed by atoms with Crippen LogP contribution in [0.5, 0.6) is 0 Å². The molecular weight excluding hydrogens is 120 g/mol. The summed E-state index contributed by atoms with van der Waals surface area (Å²) in [7, 11) is 0. The van der Waals surface area contributed by atoms with E-state index < -0.39 is 0 Å². The molecule has 0 amide bonds. The Labute approximate surface area is 65.7 Å². The lowest BCUT2D eigenvalue weighted by atomic mass is 10.1. The fourth-order valence-electron chi connectivity index (χ4n) is 0.378. The zero-order chi connectivity index (χ0) is 8.57. The molecule has 0 rings (SSSR count). The summed E-state index contributed by atoms with van der Waals surface area (Å²) in [6.07, 6.45) is 3.88. The Morgan fingerprint density at radius 3 is 1.80 bits per heavy atom. The Hall–Kier alpha value is -0.520. The average molecular weight is 140 g/mol. The molecule has 0 N–H and O–H groups in total. The molecule has 10 heavy (non-hydrogen) atoms. The highest BCUT2D eigenvalue weighted by Crippen LogP contribution is 2.06. The molecule has 0 unspecified atom stereocenters. The molecule has 0 atom stereocenters. The fraction of sp³-hybridized carbons (Fsp3) is 0.600. The van der Waals surface area contributed by atoms with Crippen molar-refractivity contribution in [1.29, 1.82) is 0 Å². The predicted molar refractivity (Wildman–Crippen MR) is 50.1 cm³/mol.